The highest BCUT2D eigenvalue weighted by atomic mass is 35.5. The van der Waals surface area contributed by atoms with Crippen LogP contribution in [0.2, 0.25) is 30.1 Å². The average Bonchev–Trinajstić information content (AvgIpc) is 2.56. The van der Waals surface area contributed by atoms with Crippen molar-refractivity contribution in [2.45, 2.75) is 0 Å². The number of nitrogens with two attached hydrogens (primary N) is 1. The summed E-state index contributed by atoms with van der Waals surface area (Å²) in [6.45, 7) is 0. The molecule has 0 aliphatic heterocycles. The van der Waals surface area contributed by atoms with E-state index >= 15 is 0 Å². The number of pyridine rings is 1. The third kappa shape index (κ3) is 3.80. The smallest absolute Gasteiger partial charge is 0.0932 e. The Morgan fingerprint density at radius 2 is 1.04 bits per heavy atom. The quantitative estimate of drug-likeness (QED) is 0.401. The molecular weight excluding hydrogens is 445 g/mol. The fourth-order valence-corrected chi connectivity index (χ4v) is 3.49. The molecule has 1 aromatic heterocycles. The van der Waals surface area contributed by atoms with Gasteiger partial charge in [0.15, 0.2) is 0 Å². The molecule has 3 aromatic rings. The van der Waals surface area contributed by atoms with E-state index in [1.54, 1.807) is 36.5 Å². The first-order valence-corrected chi connectivity index (χ1v) is 9.10. The molecule has 0 fully saturated rings. The molecule has 0 aliphatic rings. The van der Waals surface area contributed by atoms with Gasteiger partial charge in [-0.25, -0.2) is 0 Å². The molecule has 0 radical (unpaired) electrons. The lowest BCUT2D eigenvalue weighted by molar-refractivity contribution is 1.33. The second kappa shape index (κ2) is 7.40. The first kappa shape index (κ1) is 18.9. The number of halogens is 6. The summed E-state index contributed by atoms with van der Waals surface area (Å²) in [7, 11) is 0. The lowest BCUT2D eigenvalue weighted by Gasteiger charge is -2.11. The van der Waals surface area contributed by atoms with Crippen LogP contribution >= 0.6 is 69.6 Å². The predicted molar refractivity (Wildman–Crippen MR) is 110 cm³/mol. The predicted octanol–water partition coefficient (Wildman–Crippen LogP) is 7.92. The minimum Gasteiger partial charge on any atom is -0.397 e. The van der Waals surface area contributed by atoms with Gasteiger partial charge in [0.1, 0.15) is 0 Å². The van der Waals surface area contributed by atoms with Crippen LogP contribution in [0.3, 0.4) is 0 Å². The van der Waals surface area contributed by atoms with Gasteiger partial charge in [-0.05, 0) is 35.9 Å². The zero-order valence-electron chi connectivity index (χ0n) is 12.3. The van der Waals surface area contributed by atoms with Gasteiger partial charge >= 0.3 is 0 Å². The number of benzene rings is 2. The summed E-state index contributed by atoms with van der Waals surface area (Å²) in [6.07, 6.45) is 1.65. The Labute approximate surface area is 174 Å². The number of aromatic nitrogens is 1. The van der Waals surface area contributed by atoms with E-state index in [0.29, 0.717) is 42.1 Å². The third-order valence-corrected chi connectivity index (χ3v) is 5.89. The topological polar surface area (TPSA) is 38.9 Å². The molecule has 2 aromatic carbocycles. The molecule has 0 saturated carbocycles. The van der Waals surface area contributed by atoms with Crippen molar-refractivity contribution in [2.24, 2.45) is 0 Å². The van der Waals surface area contributed by atoms with Gasteiger partial charge in [0.25, 0.3) is 0 Å². The first-order chi connectivity index (χ1) is 11.8. The van der Waals surface area contributed by atoms with Gasteiger partial charge in [-0.15, -0.1) is 0 Å². The minimum absolute atomic E-state index is 0.285. The molecule has 0 amide bonds. The number of hydrogen-bond donors (Lipinski definition) is 1. The van der Waals surface area contributed by atoms with E-state index in [-0.39, 0.29) is 5.02 Å². The lowest BCUT2D eigenvalue weighted by atomic mass is 10.0. The van der Waals surface area contributed by atoms with Crippen molar-refractivity contribution in [1.29, 1.82) is 0 Å². The van der Waals surface area contributed by atoms with Crippen LogP contribution in [-0.4, -0.2) is 4.98 Å². The molecule has 0 unspecified atom stereocenters. The Hall–Kier alpha value is -0.870. The molecule has 0 aliphatic carbocycles. The number of anilines is 1. The maximum atomic E-state index is 6.16. The fraction of sp³-hybridized carbons (Fsp3) is 0. The fourth-order valence-electron chi connectivity index (χ4n) is 2.30. The van der Waals surface area contributed by atoms with Gasteiger partial charge in [0.05, 0.1) is 41.5 Å². The van der Waals surface area contributed by atoms with Crippen LogP contribution in [0.5, 0.6) is 0 Å². The first-order valence-electron chi connectivity index (χ1n) is 6.83. The van der Waals surface area contributed by atoms with Crippen molar-refractivity contribution in [1.82, 2.24) is 4.98 Å². The van der Waals surface area contributed by atoms with Crippen molar-refractivity contribution in [3.8, 4) is 22.4 Å². The summed E-state index contributed by atoms with van der Waals surface area (Å²) in [6, 6.07) is 8.47. The molecule has 0 spiro atoms. The Morgan fingerprint density at radius 1 is 0.600 bits per heavy atom. The van der Waals surface area contributed by atoms with Gasteiger partial charge in [-0.3, -0.25) is 4.98 Å². The van der Waals surface area contributed by atoms with E-state index in [1.807, 2.05) is 0 Å². The summed E-state index contributed by atoms with van der Waals surface area (Å²) in [5.41, 5.74) is 9.29. The van der Waals surface area contributed by atoms with Crippen LogP contribution < -0.4 is 5.73 Å². The second-order valence-electron chi connectivity index (χ2n) is 5.17. The molecule has 0 bridgehead atoms. The Bertz CT molecular complexity index is 941. The molecule has 0 atom stereocenters. The molecule has 2 N–H and O–H groups in total. The number of rotatable bonds is 2. The number of nitrogen functional groups attached to an aromatic ring is 1. The van der Waals surface area contributed by atoms with Crippen molar-refractivity contribution < 1.29 is 0 Å². The SMILES string of the molecule is Nc1cc(-c2cc(Cl)c(Cl)c(Cl)c2)cnc1-c1cc(Cl)c(Cl)c(Cl)c1. The largest absolute Gasteiger partial charge is 0.397 e. The van der Waals surface area contributed by atoms with E-state index in [9.17, 15) is 0 Å². The van der Waals surface area contributed by atoms with Gasteiger partial charge in [0.2, 0.25) is 0 Å². The zero-order chi connectivity index (χ0) is 18.3. The molecule has 128 valence electrons. The van der Waals surface area contributed by atoms with E-state index in [1.165, 1.54) is 0 Å². The summed E-state index contributed by atoms with van der Waals surface area (Å²) < 4.78 is 0. The maximum absolute atomic E-state index is 6.16. The van der Waals surface area contributed by atoms with Crippen LogP contribution in [0.15, 0.2) is 36.5 Å². The summed E-state index contributed by atoms with van der Waals surface area (Å²) >= 11 is 36.2. The van der Waals surface area contributed by atoms with Gasteiger partial charge in [-0.2, -0.15) is 0 Å². The van der Waals surface area contributed by atoms with Crippen LogP contribution in [0.1, 0.15) is 0 Å². The van der Waals surface area contributed by atoms with Crippen LogP contribution in [0.25, 0.3) is 22.4 Å². The summed E-state index contributed by atoms with van der Waals surface area (Å²) in [5, 5.41) is 1.94. The Balaban J connectivity index is 2.08. The normalized spacial score (nSPS) is 11.0. The molecular formula is C17H8Cl6N2. The Kier molecular flexibility index (Phi) is 5.60. The van der Waals surface area contributed by atoms with Crippen molar-refractivity contribution in [2.75, 3.05) is 5.73 Å². The van der Waals surface area contributed by atoms with Gasteiger partial charge in [-0.1, -0.05) is 69.6 Å². The van der Waals surface area contributed by atoms with Crippen LogP contribution in [0, 0.1) is 0 Å². The molecule has 25 heavy (non-hydrogen) atoms. The second-order valence-corrected chi connectivity index (χ2v) is 7.55. The third-order valence-electron chi connectivity index (χ3n) is 3.49. The molecule has 0 saturated heterocycles. The molecule has 3 rings (SSSR count). The molecule has 1 heterocycles. The van der Waals surface area contributed by atoms with E-state index in [0.717, 1.165) is 11.1 Å². The van der Waals surface area contributed by atoms with Gasteiger partial charge < -0.3 is 5.73 Å². The number of hydrogen-bond acceptors (Lipinski definition) is 2. The van der Waals surface area contributed by atoms with Crippen molar-refractivity contribution in [3.63, 3.8) is 0 Å². The summed E-state index contributed by atoms with van der Waals surface area (Å²) in [5.74, 6) is 0. The average molecular weight is 453 g/mol. The Morgan fingerprint density at radius 3 is 1.48 bits per heavy atom. The molecule has 2 nitrogen and oxygen atoms in total. The maximum Gasteiger partial charge on any atom is 0.0932 e. The zero-order valence-corrected chi connectivity index (χ0v) is 16.8. The highest BCUT2D eigenvalue weighted by Gasteiger charge is 2.13. The van der Waals surface area contributed by atoms with Crippen molar-refractivity contribution in [3.05, 3.63) is 66.7 Å². The highest BCUT2D eigenvalue weighted by Crippen LogP contribution is 2.38. The summed E-state index contributed by atoms with van der Waals surface area (Å²) in [4.78, 5) is 4.41. The molecule has 8 heteroatoms. The van der Waals surface area contributed by atoms with Crippen molar-refractivity contribution >= 4 is 75.3 Å². The van der Waals surface area contributed by atoms with E-state index in [4.69, 9.17) is 75.3 Å². The van der Waals surface area contributed by atoms with Crippen LogP contribution in [-0.2, 0) is 0 Å². The highest BCUT2D eigenvalue weighted by molar-refractivity contribution is 6.49. The number of nitrogens with zero attached hydrogens (tertiary/aromatic N) is 1. The standard InChI is InChI=1S/C17H8Cl6N2/c18-10-1-7(2-11(19)15(10)22)9-5-14(24)17(25-6-9)8-3-12(20)16(23)13(21)4-8/h1-6H,24H2. The monoisotopic (exact) mass is 450 g/mol. The lowest BCUT2D eigenvalue weighted by Crippen LogP contribution is -1.95. The minimum atomic E-state index is 0.285. The van der Waals surface area contributed by atoms with Gasteiger partial charge in [0, 0.05) is 17.3 Å². The van der Waals surface area contributed by atoms with E-state index in [2.05, 4.69) is 4.98 Å². The van der Waals surface area contributed by atoms with Crippen LogP contribution in [0.4, 0.5) is 5.69 Å². The van der Waals surface area contributed by atoms with E-state index < -0.39 is 0 Å².